The van der Waals surface area contributed by atoms with E-state index in [4.69, 9.17) is 9.47 Å². The van der Waals surface area contributed by atoms with Gasteiger partial charge in [-0.25, -0.2) is 0 Å². The predicted octanol–water partition coefficient (Wildman–Crippen LogP) is 3.76. The van der Waals surface area contributed by atoms with Gasteiger partial charge in [0.1, 0.15) is 19.0 Å². The van der Waals surface area contributed by atoms with Crippen LogP contribution in [0, 0.1) is 17.3 Å². The molecule has 0 unspecified atom stereocenters. The number of carbonyl (C=O) groups excluding carboxylic acids is 2. The molecule has 2 aliphatic heterocycles. The first-order chi connectivity index (χ1) is 12.9. The maximum Gasteiger partial charge on any atom is 0.223 e. The van der Waals surface area contributed by atoms with Crippen molar-refractivity contribution in [1.82, 2.24) is 4.90 Å². The lowest BCUT2D eigenvalue weighted by atomic mass is 9.52. The van der Waals surface area contributed by atoms with Gasteiger partial charge in [0.15, 0.2) is 11.5 Å². The molecule has 4 rings (SSSR count). The van der Waals surface area contributed by atoms with Gasteiger partial charge in [-0.2, -0.15) is 0 Å². The summed E-state index contributed by atoms with van der Waals surface area (Å²) in [5.41, 5.74) is 1.05. The molecule has 27 heavy (non-hydrogen) atoms. The standard InChI is InChI=1S/C22H29NO4/c1-14(24)17-12-16(22(17,2)3)13-21(25)23-8-4-5-18(23)15-6-7-19-20(11-15)27-10-9-26-19/h6-7,11,16-18H,4-5,8-10,12-13H2,1-3H3/t16-,17+,18+/m1/s1. The van der Waals surface area contributed by atoms with Crippen LogP contribution in [0.4, 0.5) is 0 Å². The molecule has 2 heterocycles. The Hall–Kier alpha value is -2.04. The van der Waals surface area contributed by atoms with Gasteiger partial charge in [-0.3, -0.25) is 9.59 Å². The summed E-state index contributed by atoms with van der Waals surface area (Å²) < 4.78 is 11.3. The summed E-state index contributed by atoms with van der Waals surface area (Å²) in [5, 5.41) is 0. The summed E-state index contributed by atoms with van der Waals surface area (Å²) in [6, 6.07) is 6.16. The van der Waals surface area contributed by atoms with Gasteiger partial charge in [-0.1, -0.05) is 19.9 Å². The highest BCUT2D eigenvalue weighted by Crippen LogP contribution is 2.53. The number of carbonyl (C=O) groups is 2. The number of rotatable bonds is 4. The number of hydrogen-bond donors (Lipinski definition) is 0. The van der Waals surface area contributed by atoms with Gasteiger partial charge >= 0.3 is 0 Å². The zero-order valence-corrected chi connectivity index (χ0v) is 16.5. The first-order valence-electron chi connectivity index (χ1n) is 10.1. The highest BCUT2D eigenvalue weighted by Gasteiger charge is 2.51. The van der Waals surface area contributed by atoms with Crippen LogP contribution in [0.2, 0.25) is 0 Å². The van der Waals surface area contributed by atoms with Gasteiger partial charge in [-0.05, 0) is 55.2 Å². The topological polar surface area (TPSA) is 55.8 Å². The quantitative estimate of drug-likeness (QED) is 0.809. The van der Waals surface area contributed by atoms with Gasteiger partial charge in [-0.15, -0.1) is 0 Å². The molecule has 0 aromatic heterocycles. The fraction of sp³-hybridized carbons (Fsp3) is 0.636. The lowest BCUT2D eigenvalue weighted by Gasteiger charge is -2.51. The Morgan fingerprint density at radius 2 is 1.93 bits per heavy atom. The van der Waals surface area contributed by atoms with E-state index in [0.717, 1.165) is 42.9 Å². The third kappa shape index (κ3) is 3.21. The molecule has 2 fully saturated rings. The first kappa shape index (κ1) is 18.3. The van der Waals surface area contributed by atoms with E-state index in [2.05, 4.69) is 19.9 Å². The van der Waals surface area contributed by atoms with Gasteiger partial charge < -0.3 is 14.4 Å². The number of nitrogens with zero attached hydrogens (tertiary/aromatic N) is 1. The van der Waals surface area contributed by atoms with Crippen molar-refractivity contribution < 1.29 is 19.1 Å². The molecule has 1 aromatic carbocycles. The fourth-order valence-corrected chi connectivity index (χ4v) is 5.06. The second-order valence-corrected chi connectivity index (χ2v) is 8.77. The second-order valence-electron chi connectivity index (χ2n) is 8.77. The van der Waals surface area contributed by atoms with Crippen LogP contribution in [0.5, 0.6) is 11.5 Å². The number of ketones is 1. The minimum Gasteiger partial charge on any atom is -0.486 e. The summed E-state index contributed by atoms with van der Waals surface area (Å²) in [7, 11) is 0. The van der Waals surface area contributed by atoms with E-state index in [0.29, 0.717) is 25.6 Å². The molecule has 0 bridgehead atoms. The molecule has 5 heteroatoms. The lowest BCUT2D eigenvalue weighted by molar-refractivity contribution is -0.145. The number of amides is 1. The van der Waals surface area contributed by atoms with Crippen molar-refractivity contribution in [2.45, 2.75) is 52.5 Å². The molecule has 1 saturated heterocycles. The summed E-state index contributed by atoms with van der Waals surface area (Å²) in [6.07, 6.45) is 3.39. The minimum atomic E-state index is -0.0757. The van der Waals surface area contributed by atoms with E-state index in [1.54, 1.807) is 6.92 Å². The SMILES string of the molecule is CC(=O)[C@@H]1C[C@H](CC(=O)N2CCC[C@H]2c2ccc3c(c2)OCCO3)C1(C)C. The molecule has 0 spiro atoms. The second kappa shape index (κ2) is 6.84. The van der Waals surface area contributed by atoms with Crippen LogP contribution in [0.1, 0.15) is 58.1 Å². The van der Waals surface area contributed by atoms with Crippen molar-refractivity contribution in [1.29, 1.82) is 0 Å². The summed E-state index contributed by atoms with van der Waals surface area (Å²) >= 11 is 0. The zero-order valence-electron chi connectivity index (χ0n) is 16.5. The molecular formula is C22H29NO4. The largest absolute Gasteiger partial charge is 0.486 e. The monoisotopic (exact) mass is 371 g/mol. The van der Waals surface area contributed by atoms with E-state index in [1.807, 2.05) is 17.0 Å². The predicted molar refractivity (Wildman–Crippen MR) is 102 cm³/mol. The highest BCUT2D eigenvalue weighted by atomic mass is 16.6. The van der Waals surface area contributed by atoms with Gasteiger partial charge in [0, 0.05) is 18.9 Å². The van der Waals surface area contributed by atoms with Crippen LogP contribution in [-0.2, 0) is 9.59 Å². The average Bonchev–Trinajstić information content (AvgIpc) is 3.13. The number of ether oxygens (including phenoxy) is 2. The van der Waals surface area contributed by atoms with Crippen molar-refractivity contribution in [2.24, 2.45) is 17.3 Å². The van der Waals surface area contributed by atoms with Gasteiger partial charge in [0.2, 0.25) is 5.91 Å². The highest BCUT2D eigenvalue weighted by molar-refractivity contribution is 5.82. The minimum absolute atomic E-state index is 0.0757. The van der Waals surface area contributed by atoms with Crippen molar-refractivity contribution in [2.75, 3.05) is 19.8 Å². The number of likely N-dealkylation sites (tertiary alicyclic amines) is 1. The van der Waals surface area contributed by atoms with Crippen molar-refractivity contribution in [3.05, 3.63) is 23.8 Å². The van der Waals surface area contributed by atoms with E-state index in [9.17, 15) is 9.59 Å². The third-order valence-corrected chi connectivity index (χ3v) is 6.91. The summed E-state index contributed by atoms with van der Waals surface area (Å²) in [4.78, 5) is 26.9. The molecule has 3 aliphatic rings. The third-order valence-electron chi connectivity index (χ3n) is 6.91. The molecule has 1 aromatic rings. The Bertz CT molecular complexity index is 757. The Kier molecular flexibility index (Phi) is 4.65. The smallest absolute Gasteiger partial charge is 0.223 e. The molecular weight excluding hydrogens is 342 g/mol. The Balaban J connectivity index is 1.46. The Morgan fingerprint density at radius 3 is 2.63 bits per heavy atom. The average molecular weight is 371 g/mol. The van der Waals surface area contributed by atoms with Crippen LogP contribution in [0.15, 0.2) is 18.2 Å². The normalized spacial score (nSPS) is 28.6. The van der Waals surface area contributed by atoms with Crippen LogP contribution in [0.3, 0.4) is 0 Å². The van der Waals surface area contributed by atoms with Crippen LogP contribution >= 0.6 is 0 Å². The summed E-state index contributed by atoms with van der Waals surface area (Å²) in [6.45, 7) is 7.88. The molecule has 1 amide bonds. The number of fused-ring (bicyclic) bond motifs is 1. The summed E-state index contributed by atoms with van der Waals surface area (Å²) in [5.74, 6) is 2.42. The van der Waals surface area contributed by atoms with E-state index in [1.165, 1.54) is 0 Å². The maximum atomic E-state index is 13.1. The molecule has 5 nitrogen and oxygen atoms in total. The number of hydrogen-bond acceptors (Lipinski definition) is 4. The first-order valence-corrected chi connectivity index (χ1v) is 10.1. The van der Waals surface area contributed by atoms with E-state index >= 15 is 0 Å². The van der Waals surface area contributed by atoms with Gasteiger partial charge in [0.05, 0.1) is 6.04 Å². The van der Waals surface area contributed by atoms with Crippen molar-refractivity contribution >= 4 is 11.7 Å². The number of Topliss-reactive ketones (excluding diaryl/α,β-unsaturated/α-hetero) is 1. The van der Waals surface area contributed by atoms with Gasteiger partial charge in [0.25, 0.3) is 0 Å². The zero-order chi connectivity index (χ0) is 19.2. The van der Waals surface area contributed by atoms with Crippen LogP contribution < -0.4 is 9.47 Å². The Morgan fingerprint density at radius 1 is 1.19 bits per heavy atom. The molecule has 3 atom stereocenters. The molecule has 1 aliphatic carbocycles. The fourth-order valence-electron chi connectivity index (χ4n) is 5.06. The van der Waals surface area contributed by atoms with Crippen molar-refractivity contribution in [3.8, 4) is 11.5 Å². The molecule has 146 valence electrons. The Labute approximate surface area is 161 Å². The molecule has 0 radical (unpaired) electrons. The van der Waals surface area contributed by atoms with E-state index in [-0.39, 0.29) is 29.1 Å². The maximum absolute atomic E-state index is 13.1. The molecule has 1 saturated carbocycles. The van der Waals surface area contributed by atoms with E-state index < -0.39 is 0 Å². The molecule has 0 N–H and O–H groups in total. The number of benzene rings is 1. The van der Waals surface area contributed by atoms with Crippen molar-refractivity contribution in [3.63, 3.8) is 0 Å². The van der Waals surface area contributed by atoms with Crippen LogP contribution in [0.25, 0.3) is 0 Å². The lowest BCUT2D eigenvalue weighted by Crippen LogP contribution is -2.50. The van der Waals surface area contributed by atoms with Crippen LogP contribution in [-0.4, -0.2) is 36.3 Å².